The molecule has 0 saturated heterocycles. The van der Waals surface area contributed by atoms with Crippen molar-refractivity contribution in [1.29, 1.82) is 0 Å². The number of thioether (sulfide) groups is 1. The van der Waals surface area contributed by atoms with E-state index >= 15 is 0 Å². The first kappa shape index (κ1) is 11.4. The van der Waals surface area contributed by atoms with Gasteiger partial charge in [0.05, 0.1) is 0 Å². The first-order chi connectivity index (χ1) is 7.67. The number of aromatic nitrogens is 3. The Labute approximate surface area is 97.2 Å². The molecule has 2 atom stereocenters. The molecule has 0 bridgehead atoms. The third-order valence-electron chi connectivity index (χ3n) is 2.37. The molecule has 16 heavy (non-hydrogen) atoms. The lowest BCUT2D eigenvalue weighted by Crippen LogP contribution is -2.50. The van der Waals surface area contributed by atoms with Crippen LogP contribution in [0, 0.1) is 0 Å². The van der Waals surface area contributed by atoms with Crippen molar-refractivity contribution in [1.82, 2.24) is 15.2 Å². The summed E-state index contributed by atoms with van der Waals surface area (Å²) in [5.74, 6) is 1.08. The van der Waals surface area contributed by atoms with E-state index in [0.29, 0.717) is 16.8 Å². The molecule has 2 unspecified atom stereocenters. The lowest BCUT2D eigenvalue weighted by Gasteiger charge is -2.36. The number of nitrogens with one attached hydrogen (secondary N) is 1. The second kappa shape index (κ2) is 4.40. The molecule has 0 aliphatic carbocycles. The average molecular weight is 243 g/mol. The minimum atomic E-state index is -0.802. The monoisotopic (exact) mass is 243 g/mol. The molecule has 88 valence electrons. The molecule has 8 heteroatoms. The van der Waals surface area contributed by atoms with Crippen LogP contribution < -0.4 is 10.2 Å². The Balaban J connectivity index is 2.38. The molecule has 0 radical (unpaired) electrons. The molecule has 1 aliphatic heterocycles. The zero-order valence-electron chi connectivity index (χ0n) is 9.21. The summed E-state index contributed by atoms with van der Waals surface area (Å²) in [6.45, 7) is 0. The Kier molecular flexibility index (Phi) is 3.13. The molecular formula is C8H13N5O2S. The lowest BCUT2D eigenvalue weighted by molar-refractivity contribution is 0.00244. The van der Waals surface area contributed by atoms with Crippen molar-refractivity contribution in [2.75, 3.05) is 30.6 Å². The van der Waals surface area contributed by atoms with Crippen LogP contribution in [0.25, 0.3) is 0 Å². The van der Waals surface area contributed by atoms with Crippen molar-refractivity contribution < 1.29 is 9.84 Å². The average Bonchev–Trinajstić information content (AvgIpc) is 2.33. The summed E-state index contributed by atoms with van der Waals surface area (Å²) in [7, 11) is 3.24. The molecule has 2 heterocycles. The number of aliphatic hydroxyl groups is 1. The van der Waals surface area contributed by atoms with Crippen molar-refractivity contribution in [3.63, 3.8) is 0 Å². The van der Waals surface area contributed by atoms with Crippen molar-refractivity contribution in [3.05, 3.63) is 0 Å². The Hall–Kier alpha value is -1.12. The summed E-state index contributed by atoms with van der Waals surface area (Å²) < 4.78 is 5.08. The number of nitrogens with zero attached hydrogens (tertiary/aromatic N) is 4. The number of ether oxygens (including phenoxy) is 1. The van der Waals surface area contributed by atoms with E-state index in [1.807, 2.05) is 6.26 Å². The van der Waals surface area contributed by atoms with Crippen LogP contribution in [0.4, 0.5) is 11.6 Å². The zero-order valence-corrected chi connectivity index (χ0v) is 10.0. The minimum absolute atomic E-state index is 0.512. The normalized spacial score (nSPS) is 23.9. The van der Waals surface area contributed by atoms with Gasteiger partial charge in [-0.05, 0) is 6.26 Å². The van der Waals surface area contributed by atoms with E-state index < -0.39 is 12.5 Å². The fraction of sp³-hybridized carbons (Fsp3) is 0.625. The van der Waals surface area contributed by atoms with Crippen LogP contribution in [0.1, 0.15) is 0 Å². The van der Waals surface area contributed by atoms with Crippen LogP contribution in [0.2, 0.25) is 0 Å². The summed E-state index contributed by atoms with van der Waals surface area (Å²) in [6.07, 6.45) is 0.534. The van der Waals surface area contributed by atoms with E-state index in [-0.39, 0.29) is 0 Å². The van der Waals surface area contributed by atoms with Gasteiger partial charge in [-0.1, -0.05) is 11.8 Å². The van der Waals surface area contributed by atoms with E-state index in [4.69, 9.17) is 4.74 Å². The highest BCUT2D eigenvalue weighted by atomic mass is 32.2. The molecule has 0 spiro atoms. The lowest BCUT2D eigenvalue weighted by atomic mass is 10.3. The fourth-order valence-corrected chi connectivity index (χ4v) is 1.75. The number of anilines is 2. The molecule has 2 rings (SSSR count). The molecule has 0 aromatic carbocycles. The van der Waals surface area contributed by atoms with Crippen molar-refractivity contribution in [2.45, 2.75) is 17.6 Å². The number of aliphatic hydroxyl groups excluding tert-OH is 1. The Morgan fingerprint density at radius 3 is 2.88 bits per heavy atom. The largest absolute Gasteiger partial charge is 0.369 e. The standard InChI is InChI=1S/C8H13N5O2S/c1-13-5-4(9-6(15-2)7(13)14)11-12-8(10-5)16-3/h6-7,14H,1-3H3,(H,9,11). The minimum Gasteiger partial charge on any atom is -0.369 e. The smallest absolute Gasteiger partial charge is 0.210 e. The van der Waals surface area contributed by atoms with Gasteiger partial charge < -0.3 is 20.1 Å². The van der Waals surface area contributed by atoms with E-state index in [1.165, 1.54) is 18.9 Å². The van der Waals surface area contributed by atoms with E-state index in [1.54, 1.807) is 11.9 Å². The molecule has 2 N–H and O–H groups in total. The highest BCUT2D eigenvalue weighted by molar-refractivity contribution is 7.98. The highest BCUT2D eigenvalue weighted by Crippen LogP contribution is 2.28. The second-order valence-electron chi connectivity index (χ2n) is 3.30. The van der Waals surface area contributed by atoms with E-state index in [0.717, 1.165) is 0 Å². The summed E-state index contributed by atoms with van der Waals surface area (Å²) >= 11 is 1.40. The molecule has 1 aliphatic rings. The van der Waals surface area contributed by atoms with Gasteiger partial charge in [0.25, 0.3) is 0 Å². The van der Waals surface area contributed by atoms with Crippen LogP contribution >= 0.6 is 11.8 Å². The van der Waals surface area contributed by atoms with Crippen molar-refractivity contribution in [3.8, 4) is 0 Å². The number of rotatable bonds is 2. The Bertz CT molecular complexity index is 391. The van der Waals surface area contributed by atoms with E-state index in [2.05, 4.69) is 20.5 Å². The first-order valence-electron chi connectivity index (χ1n) is 4.66. The van der Waals surface area contributed by atoms with Crippen LogP contribution in [0.15, 0.2) is 5.16 Å². The number of methoxy groups -OCH3 is 1. The topological polar surface area (TPSA) is 83.4 Å². The quantitative estimate of drug-likeness (QED) is 0.688. The molecule has 1 aromatic rings. The third kappa shape index (κ3) is 1.79. The summed E-state index contributed by atoms with van der Waals surface area (Å²) in [4.78, 5) is 5.87. The molecular weight excluding hydrogens is 230 g/mol. The molecule has 0 amide bonds. The van der Waals surface area contributed by atoms with Crippen LogP contribution in [-0.4, -0.2) is 53.2 Å². The molecule has 7 nitrogen and oxygen atoms in total. The third-order valence-corrected chi connectivity index (χ3v) is 2.90. The molecule has 0 fully saturated rings. The number of fused-ring (bicyclic) bond motifs is 1. The van der Waals surface area contributed by atoms with Crippen LogP contribution in [0.5, 0.6) is 0 Å². The maximum Gasteiger partial charge on any atom is 0.210 e. The molecule has 1 aromatic heterocycles. The van der Waals surface area contributed by atoms with Gasteiger partial charge in [-0.2, -0.15) is 4.98 Å². The van der Waals surface area contributed by atoms with Gasteiger partial charge >= 0.3 is 0 Å². The van der Waals surface area contributed by atoms with Crippen LogP contribution in [0.3, 0.4) is 0 Å². The number of hydrogen-bond acceptors (Lipinski definition) is 8. The van der Waals surface area contributed by atoms with Gasteiger partial charge in [-0.25, -0.2) is 0 Å². The number of likely N-dealkylation sites (N-methyl/N-ethyl adjacent to an activating group) is 1. The predicted molar refractivity (Wildman–Crippen MR) is 60.4 cm³/mol. The summed E-state index contributed by atoms with van der Waals surface area (Å²) in [5, 5.41) is 21.3. The van der Waals surface area contributed by atoms with Crippen molar-refractivity contribution >= 4 is 23.4 Å². The molecule has 0 saturated carbocycles. The van der Waals surface area contributed by atoms with Crippen molar-refractivity contribution in [2.24, 2.45) is 0 Å². The number of hydrogen-bond donors (Lipinski definition) is 2. The maximum absolute atomic E-state index is 9.89. The Morgan fingerprint density at radius 2 is 2.25 bits per heavy atom. The van der Waals surface area contributed by atoms with E-state index in [9.17, 15) is 5.11 Å². The van der Waals surface area contributed by atoms with Crippen LogP contribution in [-0.2, 0) is 4.74 Å². The van der Waals surface area contributed by atoms with Gasteiger partial charge in [0.1, 0.15) is 0 Å². The van der Waals surface area contributed by atoms with Gasteiger partial charge in [-0.15, -0.1) is 10.2 Å². The Morgan fingerprint density at radius 1 is 1.50 bits per heavy atom. The summed E-state index contributed by atoms with van der Waals surface area (Å²) in [5.41, 5.74) is 0. The SMILES string of the molecule is COC1Nc2nnc(SC)nc2N(C)C1O. The second-order valence-corrected chi connectivity index (χ2v) is 4.07. The highest BCUT2D eigenvalue weighted by Gasteiger charge is 2.32. The van der Waals surface area contributed by atoms with Gasteiger partial charge in [0.15, 0.2) is 24.1 Å². The van der Waals surface area contributed by atoms with Gasteiger partial charge in [0.2, 0.25) is 5.16 Å². The fourth-order valence-electron chi connectivity index (χ4n) is 1.45. The van der Waals surface area contributed by atoms with Gasteiger partial charge in [-0.3, -0.25) is 0 Å². The summed E-state index contributed by atoms with van der Waals surface area (Å²) in [6, 6.07) is 0. The maximum atomic E-state index is 9.89. The van der Waals surface area contributed by atoms with Gasteiger partial charge in [0, 0.05) is 14.2 Å². The predicted octanol–water partition coefficient (Wildman–Crippen LogP) is -0.254. The first-order valence-corrected chi connectivity index (χ1v) is 5.88. The zero-order chi connectivity index (χ0) is 11.7.